The second-order valence-electron chi connectivity index (χ2n) is 5.47. The number of nitrogens with one attached hydrogen (secondary N) is 2. The zero-order chi connectivity index (χ0) is 18.4. The van der Waals surface area contributed by atoms with Gasteiger partial charge in [-0.05, 0) is 24.3 Å². The van der Waals surface area contributed by atoms with Gasteiger partial charge in [-0.2, -0.15) is 11.8 Å². The molecule has 9 heteroatoms. The molecule has 0 aliphatic rings. The molecule has 0 aliphatic heterocycles. The summed E-state index contributed by atoms with van der Waals surface area (Å²) in [7, 11) is -3.75. The van der Waals surface area contributed by atoms with E-state index in [-0.39, 0.29) is 17.2 Å². The quantitative estimate of drug-likeness (QED) is 0.453. The number of sulfonamides is 1. The number of carbonyl (C=O) groups excluding carboxylic acids is 1. The Bertz CT molecular complexity index is 954. The van der Waals surface area contributed by atoms with E-state index in [9.17, 15) is 13.2 Å². The molecule has 0 fully saturated rings. The predicted octanol–water partition coefficient (Wildman–Crippen LogP) is 1.97. The standard InChI is InChI=1S/C17H18N4O3S2/c22-17(19-20-26(23,24)15-6-2-1-3-7-15)9-11-25-13-14-12-21-10-5-4-8-16(21)18-14/h1-8,10,12,20H,9,11,13H2,(H,19,22). The first kappa shape index (κ1) is 18.4. The molecule has 0 spiro atoms. The van der Waals surface area contributed by atoms with Crippen LogP contribution < -0.4 is 10.3 Å². The monoisotopic (exact) mass is 390 g/mol. The second kappa shape index (κ2) is 8.35. The fourth-order valence-corrected chi connectivity index (χ4v) is 3.95. The smallest absolute Gasteiger partial charge is 0.257 e. The van der Waals surface area contributed by atoms with Crippen LogP contribution in [0.25, 0.3) is 5.65 Å². The number of amides is 1. The topological polar surface area (TPSA) is 92.6 Å². The fraction of sp³-hybridized carbons (Fsp3) is 0.176. The average Bonchev–Trinajstić information content (AvgIpc) is 3.07. The summed E-state index contributed by atoms with van der Waals surface area (Å²) in [6.07, 6.45) is 4.09. The van der Waals surface area contributed by atoms with Crippen LogP contribution in [0.4, 0.5) is 0 Å². The maximum absolute atomic E-state index is 12.0. The van der Waals surface area contributed by atoms with Crippen LogP contribution in [0, 0.1) is 0 Å². The normalized spacial score (nSPS) is 11.5. The van der Waals surface area contributed by atoms with Crippen molar-refractivity contribution < 1.29 is 13.2 Å². The Morgan fingerprint density at radius 1 is 1.12 bits per heavy atom. The van der Waals surface area contributed by atoms with Crippen LogP contribution in [0.2, 0.25) is 0 Å². The third kappa shape index (κ3) is 4.84. The van der Waals surface area contributed by atoms with Gasteiger partial charge in [0.2, 0.25) is 5.91 Å². The van der Waals surface area contributed by atoms with Gasteiger partial charge < -0.3 is 4.40 Å². The number of pyridine rings is 1. The van der Waals surface area contributed by atoms with Crippen LogP contribution in [0.15, 0.2) is 65.8 Å². The summed E-state index contributed by atoms with van der Waals surface area (Å²) < 4.78 is 25.9. The number of benzene rings is 1. The Labute approximate surface area is 155 Å². The number of nitrogens with zero attached hydrogens (tertiary/aromatic N) is 2. The molecular weight excluding hydrogens is 372 g/mol. The van der Waals surface area contributed by atoms with Gasteiger partial charge in [0.05, 0.1) is 10.6 Å². The molecule has 0 saturated heterocycles. The van der Waals surface area contributed by atoms with Gasteiger partial charge in [0.1, 0.15) is 5.65 Å². The lowest BCUT2D eigenvalue weighted by molar-refractivity contribution is -0.121. The minimum absolute atomic E-state index is 0.0986. The van der Waals surface area contributed by atoms with Crippen LogP contribution in [-0.4, -0.2) is 29.5 Å². The van der Waals surface area contributed by atoms with Gasteiger partial charge >= 0.3 is 0 Å². The summed E-state index contributed by atoms with van der Waals surface area (Å²) in [5.41, 5.74) is 4.05. The largest absolute Gasteiger partial charge is 0.307 e. The molecule has 7 nitrogen and oxygen atoms in total. The molecule has 3 aromatic rings. The van der Waals surface area contributed by atoms with Crippen molar-refractivity contribution in [1.82, 2.24) is 19.6 Å². The summed E-state index contributed by atoms with van der Waals surface area (Å²) in [4.78, 5) is 18.5. The maximum atomic E-state index is 12.0. The van der Waals surface area contributed by atoms with E-state index in [0.29, 0.717) is 11.5 Å². The lowest BCUT2D eigenvalue weighted by Gasteiger charge is -2.08. The highest BCUT2D eigenvalue weighted by Crippen LogP contribution is 2.13. The highest BCUT2D eigenvalue weighted by atomic mass is 32.2. The van der Waals surface area contributed by atoms with Gasteiger partial charge in [-0.25, -0.2) is 13.4 Å². The molecule has 0 radical (unpaired) electrons. The minimum Gasteiger partial charge on any atom is -0.307 e. The first-order valence-corrected chi connectivity index (χ1v) is 10.5. The van der Waals surface area contributed by atoms with Crippen molar-refractivity contribution in [3.8, 4) is 0 Å². The molecule has 0 unspecified atom stereocenters. The van der Waals surface area contributed by atoms with Crippen molar-refractivity contribution in [2.75, 3.05) is 5.75 Å². The van der Waals surface area contributed by atoms with E-state index in [1.807, 2.05) is 35.0 Å². The summed E-state index contributed by atoms with van der Waals surface area (Å²) in [5, 5.41) is 0. The summed E-state index contributed by atoms with van der Waals surface area (Å²) in [5.74, 6) is 0.865. The van der Waals surface area contributed by atoms with Crippen LogP contribution in [0.1, 0.15) is 12.1 Å². The Morgan fingerprint density at radius 3 is 2.65 bits per heavy atom. The lowest BCUT2D eigenvalue weighted by atomic mass is 10.4. The molecule has 2 heterocycles. The van der Waals surface area contributed by atoms with Crippen molar-refractivity contribution in [1.29, 1.82) is 0 Å². The van der Waals surface area contributed by atoms with Gasteiger partial charge in [0.15, 0.2) is 0 Å². The summed E-state index contributed by atoms with van der Waals surface area (Å²) in [6, 6.07) is 13.7. The van der Waals surface area contributed by atoms with Gasteiger partial charge in [-0.15, -0.1) is 4.83 Å². The van der Waals surface area contributed by atoms with Gasteiger partial charge in [-0.3, -0.25) is 10.2 Å². The molecule has 26 heavy (non-hydrogen) atoms. The Hall–Kier alpha value is -2.36. The lowest BCUT2D eigenvalue weighted by Crippen LogP contribution is -2.41. The third-order valence-electron chi connectivity index (χ3n) is 3.52. The molecule has 0 aliphatic carbocycles. The predicted molar refractivity (Wildman–Crippen MR) is 101 cm³/mol. The van der Waals surface area contributed by atoms with Crippen LogP contribution in [-0.2, 0) is 20.6 Å². The molecule has 3 rings (SSSR count). The van der Waals surface area contributed by atoms with Gasteiger partial charge in [-0.1, -0.05) is 24.3 Å². The first-order chi connectivity index (χ1) is 12.5. The van der Waals surface area contributed by atoms with Crippen molar-refractivity contribution in [3.05, 3.63) is 66.6 Å². The van der Waals surface area contributed by atoms with Gasteiger partial charge in [0, 0.05) is 30.3 Å². The van der Waals surface area contributed by atoms with Crippen molar-refractivity contribution in [2.45, 2.75) is 17.1 Å². The number of fused-ring (bicyclic) bond motifs is 1. The molecular formula is C17H18N4O3S2. The van der Waals surface area contributed by atoms with E-state index in [1.165, 1.54) is 12.1 Å². The van der Waals surface area contributed by atoms with E-state index < -0.39 is 10.0 Å². The third-order valence-corrected chi connectivity index (χ3v) is 5.77. The molecule has 2 N–H and O–H groups in total. The fourth-order valence-electron chi connectivity index (χ4n) is 2.24. The zero-order valence-corrected chi connectivity index (χ0v) is 15.5. The number of hydrogen-bond acceptors (Lipinski definition) is 5. The van der Waals surface area contributed by atoms with Gasteiger partial charge in [0.25, 0.3) is 10.0 Å². The average molecular weight is 390 g/mol. The van der Waals surface area contributed by atoms with Crippen molar-refractivity contribution in [2.24, 2.45) is 0 Å². The Balaban J connectivity index is 1.40. The van der Waals surface area contributed by atoms with E-state index in [4.69, 9.17) is 0 Å². The van der Waals surface area contributed by atoms with Crippen molar-refractivity contribution >= 4 is 33.3 Å². The number of hydrogen-bond donors (Lipinski definition) is 2. The molecule has 0 saturated carbocycles. The maximum Gasteiger partial charge on any atom is 0.257 e. The summed E-state index contributed by atoms with van der Waals surface area (Å²) in [6.45, 7) is 0. The number of carbonyl (C=O) groups is 1. The molecule has 0 atom stereocenters. The summed E-state index contributed by atoms with van der Waals surface area (Å²) >= 11 is 1.57. The number of rotatable bonds is 8. The molecule has 1 aromatic carbocycles. The molecule has 136 valence electrons. The van der Waals surface area contributed by atoms with E-state index in [2.05, 4.69) is 15.2 Å². The Kier molecular flexibility index (Phi) is 5.92. The number of thioether (sulfide) groups is 1. The highest BCUT2D eigenvalue weighted by Gasteiger charge is 2.14. The molecule has 1 amide bonds. The molecule has 2 aromatic heterocycles. The van der Waals surface area contributed by atoms with Crippen molar-refractivity contribution in [3.63, 3.8) is 0 Å². The Morgan fingerprint density at radius 2 is 1.88 bits per heavy atom. The molecule has 0 bridgehead atoms. The zero-order valence-electron chi connectivity index (χ0n) is 13.8. The van der Waals surface area contributed by atoms with E-state index in [1.54, 1.807) is 30.0 Å². The van der Waals surface area contributed by atoms with E-state index >= 15 is 0 Å². The minimum atomic E-state index is -3.75. The van der Waals surface area contributed by atoms with E-state index in [0.717, 1.165) is 11.3 Å². The first-order valence-electron chi connectivity index (χ1n) is 7.91. The second-order valence-corrected chi connectivity index (χ2v) is 8.26. The SMILES string of the molecule is O=C(CCSCc1cn2ccccc2n1)NNS(=O)(=O)c1ccccc1. The highest BCUT2D eigenvalue weighted by molar-refractivity contribution is 7.98. The van der Waals surface area contributed by atoms with Crippen LogP contribution in [0.3, 0.4) is 0 Å². The number of hydrazine groups is 1. The van der Waals surface area contributed by atoms with Crippen LogP contribution >= 0.6 is 11.8 Å². The number of aromatic nitrogens is 2. The number of imidazole rings is 1. The van der Waals surface area contributed by atoms with Crippen LogP contribution in [0.5, 0.6) is 0 Å².